The molecule has 0 amide bonds. The van der Waals surface area contributed by atoms with Gasteiger partial charge >= 0.3 is 0 Å². The number of likely N-dealkylation sites (tertiary alicyclic amines) is 1. The van der Waals surface area contributed by atoms with Crippen LogP contribution in [0.15, 0.2) is 24.3 Å². The molecule has 0 spiro atoms. The highest BCUT2D eigenvalue weighted by atomic mass is 35.5. The molecule has 19 heavy (non-hydrogen) atoms. The fourth-order valence-electron chi connectivity index (χ4n) is 3.02. The van der Waals surface area contributed by atoms with E-state index in [4.69, 9.17) is 16.6 Å². The van der Waals surface area contributed by atoms with Crippen molar-refractivity contribution in [3.05, 3.63) is 30.1 Å². The molecule has 1 fully saturated rings. The number of imidazole rings is 1. The number of halogens is 1. The maximum Gasteiger partial charge on any atom is 0.127 e. The molecule has 1 aromatic heterocycles. The van der Waals surface area contributed by atoms with Gasteiger partial charge in [0.25, 0.3) is 0 Å². The van der Waals surface area contributed by atoms with Gasteiger partial charge in [0.2, 0.25) is 0 Å². The number of hydrogen-bond acceptors (Lipinski definition) is 2. The maximum absolute atomic E-state index is 6.30. The monoisotopic (exact) mass is 277 g/mol. The number of fused-ring (bicyclic) bond motifs is 1. The molecule has 2 heterocycles. The molecule has 1 saturated heterocycles. The summed E-state index contributed by atoms with van der Waals surface area (Å²) < 4.78 is 2.32. The molecule has 0 saturated carbocycles. The van der Waals surface area contributed by atoms with Crippen molar-refractivity contribution in [1.29, 1.82) is 0 Å². The molecule has 1 aromatic carbocycles. The summed E-state index contributed by atoms with van der Waals surface area (Å²) >= 11 is 6.30. The van der Waals surface area contributed by atoms with Crippen LogP contribution < -0.4 is 0 Å². The summed E-state index contributed by atoms with van der Waals surface area (Å²) in [7, 11) is 2.19. The van der Waals surface area contributed by atoms with Crippen molar-refractivity contribution in [3.8, 4) is 0 Å². The van der Waals surface area contributed by atoms with Crippen LogP contribution in [-0.4, -0.2) is 34.6 Å². The van der Waals surface area contributed by atoms with Crippen molar-refractivity contribution in [2.24, 2.45) is 5.92 Å². The molecule has 2 atom stereocenters. The van der Waals surface area contributed by atoms with Crippen LogP contribution in [0.2, 0.25) is 0 Å². The van der Waals surface area contributed by atoms with Crippen molar-refractivity contribution in [2.45, 2.75) is 25.3 Å². The van der Waals surface area contributed by atoms with Crippen molar-refractivity contribution >= 4 is 22.6 Å². The van der Waals surface area contributed by atoms with E-state index in [-0.39, 0.29) is 5.38 Å². The molecule has 2 aromatic rings. The van der Waals surface area contributed by atoms with Gasteiger partial charge < -0.3 is 9.47 Å². The van der Waals surface area contributed by atoms with Gasteiger partial charge in [-0.15, -0.1) is 11.6 Å². The van der Waals surface area contributed by atoms with Crippen LogP contribution in [0.25, 0.3) is 11.0 Å². The lowest BCUT2D eigenvalue weighted by Crippen LogP contribution is -2.18. The van der Waals surface area contributed by atoms with Crippen molar-refractivity contribution in [1.82, 2.24) is 14.5 Å². The lowest BCUT2D eigenvalue weighted by molar-refractivity contribution is 0.377. The van der Waals surface area contributed by atoms with E-state index in [1.54, 1.807) is 0 Å². The molecule has 102 valence electrons. The minimum Gasteiger partial charge on any atom is -0.326 e. The molecule has 2 unspecified atom stereocenters. The van der Waals surface area contributed by atoms with Crippen LogP contribution >= 0.6 is 11.6 Å². The van der Waals surface area contributed by atoms with Crippen molar-refractivity contribution in [2.75, 3.05) is 20.1 Å². The van der Waals surface area contributed by atoms with Crippen LogP contribution in [0.5, 0.6) is 0 Å². The zero-order valence-corrected chi connectivity index (χ0v) is 12.3. The second kappa shape index (κ2) is 5.14. The first-order valence-corrected chi connectivity index (χ1v) is 7.36. The number of hydrogen-bond donors (Lipinski definition) is 0. The predicted molar refractivity (Wildman–Crippen MR) is 79.6 cm³/mol. The fourth-order valence-corrected chi connectivity index (χ4v) is 3.19. The third kappa shape index (κ3) is 2.49. The molecule has 1 aliphatic heterocycles. The summed E-state index contributed by atoms with van der Waals surface area (Å²) in [6, 6.07) is 8.31. The second-order valence-electron chi connectivity index (χ2n) is 5.60. The van der Waals surface area contributed by atoms with Gasteiger partial charge in [0.1, 0.15) is 5.82 Å². The Morgan fingerprint density at radius 3 is 2.89 bits per heavy atom. The number of aromatic nitrogens is 2. The Labute approximate surface area is 119 Å². The van der Waals surface area contributed by atoms with Crippen LogP contribution in [-0.2, 0) is 6.54 Å². The summed E-state index contributed by atoms with van der Waals surface area (Å²) in [6.45, 7) is 5.39. The standard InChI is InChI=1S/C15H20ClN3/c1-11(16)15-17-13-5-3-4-6-14(13)19(15)10-12-7-8-18(2)9-12/h3-6,11-12H,7-10H2,1-2H3. The number of nitrogens with zero attached hydrogens (tertiary/aromatic N) is 3. The van der Waals surface area contributed by atoms with Gasteiger partial charge in [-0.3, -0.25) is 0 Å². The number of para-hydroxylation sites is 2. The Morgan fingerprint density at radius 2 is 2.21 bits per heavy atom. The number of benzene rings is 1. The average Bonchev–Trinajstić information content (AvgIpc) is 2.95. The Hall–Kier alpha value is -1.06. The number of alkyl halides is 1. The van der Waals surface area contributed by atoms with E-state index in [0.29, 0.717) is 5.92 Å². The predicted octanol–water partition coefficient (Wildman–Crippen LogP) is 3.29. The Morgan fingerprint density at radius 1 is 1.42 bits per heavy atom. The summed E-state index contributed by atoms with van der Waals surface area (Å²) in [5.41, 5.74) is 2.26. The first-order chi connectivity index (χ1) is 9.15. The van der Waals surface area contributed by atoms with Gasteiger partial charge in [-0.25, -0.2) is 4.98 Å². The van der Waals surface area contributed by atoms with Gasteiger partial charge in [0, 0.05) is 13.1 Å². The highest BCUT2D eigenvalue weighted by Crippen LogP contribution is 2.27. The van der Waals surface area contributed by atoms with E-state index in [1.807, 2.05) is 13.0 Å². The third-order valence-electron chi connectivity index (χ3n) is 3.97. The van der Waals surface area contributed by atoms with Crippen LogP contribution in [0.3, 0.4) is 0 Å². The average molecular weight is 278 g/mol. The Balaban J connectivity index is 1.98. The molecule has 0 radical (unpaired) electrons. The van der Waals surface area contributed by atoms with Gasteiger partial charge in [0.15, 0.2) is 0 Å². The van der Waals surface area contributed by atoms with Gasteiger partial charge in [-0.05, 0) is 45.0 Å². The quantitative estimate of drug-likeness (QED) is 0.803. The fraction of sp³-hybridized carbons (Fsp3) is 0.533. The molecule has 0 bridgehead atoms. The van der Waals surface area contributed by atoms with Gasteiger partial charge in [-0.1, -0.05) is 12.1 Å². The van der Waals surface area contributed by atoms with Crippen LogP contribution in [0.1, 0.15) is 24.5 Å². The highest BCUT2D eigenvalue weighted by molar-refractivity contribution is 6.20. The van der Waals surface area contributed by atoms with Crippen LogP contribution in [0, 0.1) is 5.92 Å². The van der Waals surface area contributed by atoms with E-state index in [9.17, 15) is 0 Å². The summed E-state index contributed by atoms with van der Waals surface area (Å²) in [5.74, 6) is 1.70. The first-order valence-electron chi connectivity index (χ1n) is 6.93. The highest BCUT2D eigenvalue weighted by Gasteiger charge is 2.23. The lowest BCUT2D eigenvalue weighted by Gasteiger charge is -2.15. The van der Waals surface area contributed by atoms with E-state index in [1.165, 1.54) is 25.0 Å². The Bertz CT molecular complexity index is 576. The first kappa shape index (κ1) is 12.9. The zero-order valence-electron chi connectivity index (χ0n) is 11.5. The summed E-state index contributed by atoms with van der Waals surface area (Å²) in [4.78, 5) is 7.09. The molecular formula is C15H20ClN3. The molecule has 0 aliphatic carbocycles. The second-order valence-corrected chi connectivity index (χ2v) is 6.26. The van der Waals surface area contributed by atoms with E-state index in [2.05, 4.69) is 34.7 Å². The maximum atomic E-state index is 6.30. The molecule has 3 nitrogen and oxygen atoms in total. The Kier molecular flexibility index (Phi) is 3.50. The number of rotatable bonds is 3. The molecule has 3 rings (SSSR count). The molecule has 1 aliphatic rings. The van der Waals surface area contributed by atoms with E-state index in [0.717, 1.165) is 17.9 Å². The van der Waals surface area contributed by atoms with Crippen molar-refractivity contribution < 1.29 is 0 Å². The van der Waals surface area contributed by atoms with E-state index < -0.39 is 0 Å². The summed E-state index contributed by atoms with van der Waals surface area (Å²) in [6.07, 6.45) is 1.26. The van der Waals surface area contributed by atoms with E-state index >= 15 is 0 Å². The minimum atomic E-state index is -0.0495. The molecule has 4 heteroatoms. The molecular weight excluding hydrogens is 258 g/mol. The largest absolute Gasteiger partial charge is 0.326 e. The zero-order chi connectivity index (χ0) is 13.4. The molecule has 0 N–H and O–H groups in total. The normalized spacial score (nSPS) is 22.2. The summed E-state index contributed by atoms with van der Waals surface area (Å²) in [5, 5.41) is -0.0495. The third-order valence-corrected chi connectivity index (χ3v) is 4.16. The van der Waals surface area contributed by atoms with Crippen LogP contribution in [0.4, 0.5) is 0 Å². The lowest BCUT2D eigenvalue weighted by atomic mass is 10.1. The van der Waals surface area contributed by atoms with Gasteiger partial charge in [-0.2, -0.15) is 0 Å². The van der Waals surface area contributed by atoms with Gasteiger partial charge in [0.05, 0.1) is 16.4 Å². The topological polar surface area (TPSA) is 21.1 Å². The van der Waals surface area contributed by atoms with Crippen molar-refractivity contribution in [3.63, 3.8) is 0 Å². The smallest absolute Gasteiger partial charge is 0.127 e. The minimum absolute atomic E-state index is 0.0495. The SMILES string of the molecule is CC(Cl)c1nc2ccccc2n1CC1CCN(C)C1.